The Labute approximate surface area is 209 Å². The molecule has 2 fully saturated rings. The van der Waals surface area contributed by atoms with Crippen molar-refractivity contribution in [3.63, 3.8) is 0 Å². The molecule has 5 rings (SSSR count). The molecule has 2 atom stereocenters. The highest BCUT2D eigenvalue weighted by Gasteiger charge is 2.41. The second-order valence-electron chi connectivity index (χ2n) is 10.7. The van der Waals surface area contributed by atoms with Crippen molar-refractivity contribution in [2.24, 2.45) is 17.6 Å². The van der Waals surface area contributed by atoms with Crippen molar-refractivity contribution < 1.29 is 14.8 Å². The Balaban J connectivity index is 1.33. The third kappa shape index (κ3) is 5.27. The van der Waals surface area contributed by atoms with Crippen LogP contribution in [0, 0.1) is 11.8 Å². The number of rotatable bonds is 5. The van der Waals surface area contributed by atoms with Gasteiger partial charge in [0.05, 0.1) is 5.92 Å². The molecule has 186 valence electrons. The lowest BCUT2D eigenvalue weighted by Crippen LogP contribution is -2.51. The van der Waals surface area contributed by atoms with Crippen molar-refractivity contribution >= 4 is 24.2 Å². The number of carbonyl (C=O) groups is 1. The largest absolute Gasteiger partial charge is 0.488 e. The first-order chi connectivity index (χ1) is 17.0. The Morgan fingerprint density at radius 1 is 1.03 bits per heavy atom. The SMILES string of the molecule is NCc1cccc(C2CCN(C(=O)C3Cc4cc(B(O)O)ccc4NC3C3CCCCC3)CC2)c1. The average molecular weight is 475 g/mol. The molecule has 0 spiro atoms. The standard InChI is InChI=1S/C28H38BN3O3/c30-18-19-5-4-8-22(15-19)20-11-13-32(14-12-20)28(33)25-17-23-16-24(29(34)35)9-10-26(23)31-27(25)21-6-2-1-3-7-21/h4-5,8-10,15-16,20-21,25,27,31,34-35H,1-3,6-7,11-14,17-18,30H2. The van der Waals surface area contributed by atoms with Crippen molar-refractivity contribution in [3.8, 4) is 0 Å². The van der Waals surface area contributed by atoms with Crippen LogP contribution in [0.5, 0.6) is 0 Å². The topological polar surface area (TPSA) is 98.8 Å². The first-order valence-electron chi connectivity index (χ1n) is 13.4. The molecule has 2 aromatic rings. The minimum absolute atomic E-state index is 0.117. The van der Waals surface area contributed by atoms with Crippen molar-refractivity contribution in [1.82, 2.24) is 4.90 Å². The molecular formula is C28H38BN3O3. The van der Waals surface area contributed by atoms with Gasteiger partial charge in [-0.3, -0.25) is 4.79 Å². The molecule has 2 unspecified atom stereocenters. The maximum Gasteiger partial charge on any atom is 0.488 e. The molecule has 7 heteroatoms. The number of carbonyl (C=O) groups excluding carboxylic acids is 1. The Morgan fingerprint density at radius 3 is 2.51 bits per heavy atom. The van der Waals surface area contributed by atoms with Crippen LogP contribution in [0.2, 0.25) is 0 Å². The van der Waals surface area contributed by atoms with E-state index < -0.39 is 7.12 Å². The summed E-state index contributed by atoms with van der Waals surface area (Å²) >= 11 is 0. The number of nitrogens with two attached hydrogens (primary N) is 1. The Morgan fingerprint density at radius 2 is 1.80 bits per heavy atom. The summed E-state index contributed by atoms with van der Waals surface area (Å²) in [4.78, 5) is 16.0. The van der Waals surface area contributed by atoms with Crippen molar-refractivity contribution in [2.75, 3.05) is 18.4 Å². The molecule has 3 aliphatic rings. The predicted octanol–water partition coefficient (Wildman–Crippen LogP) is 2.76. The molecule has 6 nitrogen and oxygen atoms in total. The second kappa shape index (κ2) is 10.7. The number of anilines is 1. The Kier molecular flexibility index (Phi) is 7.47. The smallest absolute Gasteiger partial charge is 0.423 e. The van der Waals surface area contributed by atoms with Crippen LogP contribution >= 0.6 is 0 Å². The Bertz CT molecular complexity index is 1030. The fraction of sp³-hybridized carbons (Fsp3) is 0.536. The molecule has 1 saturated heterocycles. The fourth-order valence-electron chi connectivity index (χ4n) is 6.55. The third-order valence-corrected chi connectivity index (χ3v) is 8.56. The van der Waals surface area contributed by atoms with E-state index in [1.165, 1.54) is 37.7 Å². The van der Waals surface area contributed by atoms with Gasteiger partial charge in [0.15, 0.2) is 0 Å². The van der Waals surface area contributed by atoms with Crippen molar-refractivity contribution in [3.05, 3.63) is 59.2 Å². The van der Waals surface area contributed by atoms with Crippen LogP contribution in [0.15, 0.2) is 42.5 Å². The Hall–Kier alpha value is -2.35. The fourth-order valence-corrected chi connectivity index (χ4v) is 6.55. The number of piperidine rings is 1. The van der Waals surface area contributed by atoms with Gasteiger partial charge in [-0.15, -0.1) is 0 Å². The number of nitrogens with zero attached hydrogens (tertiary/aromatic N) is 1. The summed E-state index contributed by atoms with van der Waals surface area (Å²) in [5.74, 6) is 1.11. The molecular weight excluding hydrogens is 437 g/mol. The summed E-state index contributed by atoms with van der Waals surface area (Å²) in [6.45, 7) is 2.12. The zero-order valence-corrected chi connectivity index (χ0v) is 20.5. The lowest BCUT2D eigenvalue weighted by molar-refractivity contribution is -0.137. The molecule has 5 N–H and O–H groups in total. The molecule has 1 aliphatic carbocycles. The number of hydrogen-bond acceptors (Lipinski definition) is 5. The van der Waals surface area contributed by atoms with E-state index in [0.717, 1.165) is 42.7 Å². The molecule has 0 radical (unpaired) electrons. The van der Waals surface area contributed by atoms with E-state index in [0.29, 0.717) is 30.3 Å². The van der Waals surface area contributed by atoms with Gasteiger partial charge in [-0.1, -0.05) is 55.7 Å². The number of amides is 1. The van der Waals surface area contributed by atoms with Crippen LogP contribution in [0.25, 0.3) is 0 Å². The molecule has 2 aliphatic heterocycles. The number of nitrogens with one attached hydrogen (secondary N) is 1. The second-order valence-corrected chi connectivity index (χ2v) is 10.7. The maximum atomic E-state index is 13.9. The highest BCUT2D eigenvalue weighted by Crippen LogP contribution is 2.39. The number of hydrogen-bond donors (Lipinski definition) is 4. The van der Waals surface area contributed by atoms with Gasteiger partial charge in [0.2, 0.25) is 5.91 Å². The summed E-state index contributed by atoms with van der Waals surface area (Å²) in [6.07, 6.45) is 8.71. The van der Waals surface area contributed by atoms with E-state index in [1.54, 1.807) is 6.07 Å². The van der Waals surface area contributed by atoms with E-state index in [-0.39, 0.29) is 17.9 Å². The number of benzene rings is 2. The first kappa shape index (κ1) is 24.4. The van der Waals surface area contributed by atoms with Gasteiger partial charge >= 0.3 is 7.12 Å². The van der Waals surface area contributed by atoms with Gasteiger partial charge in [-0.25, -0.2) is 0 Å². The van der Waals surface area contributed by atoms with Crippen molar-refractivity contribution in [2.45, 2.75) is 69.9 Å². The molecule has 2 heterocycles. The highest BCUT2D eigenvalue weighted by molar-refractivity contribution is 6.58. The summed E-state index contributed by atoms with van der Waals surface area (Å²) in [5, 5.41) is 23.1. The van der Waals surface area contributed by atoms with E-state index in [2.05, 4.69) is 34.5 Å². The van der Waals surface area contributed by atoms with Gasteiger partial charge in [0.1, 0.15) is 0 Å². The summed E-state index contributed by atoms with van der Waals surface area (Å²) in [6, 6.07) is 14.3. The zero-order chi connectivity index (χ0) is 24.4. The molecule has 1 saturated carbocycles. The molecule has 35 heavy (non-hydrogen) atoms. The molecule has 2 aromatic carbocycles. The summed E-state index contributed by atoms with van der Waals surface area (Å²) < 4.78 is 0. The average Bonchev–Trinajstić information content (AvgIpc) is 2.92. The summed E-state index contributed by atoms with van der Waals surface area (Å²) in [7, 11) is -1.50. The van der Waals surface area contributed by atoms with E-state index in [1.807, 2.05) is 12.1 Å². The van der Waals surface area contributed by atoms with Gasteiger partial charge < -0.3 is 26.0 Å². The molecule has 1 amide bonds. The van der Waals surface area contributed by atoms with E-state index in [4.69, 9.17) is 5.73 Å². The van der Waals surface area contributed by atoms with Crippen LogP contribution in [0.1, 0.15) is 67.6 Å². The van der Waals surface area contributed by atoms with Crippen LogP contribution in [0.4, 0.5) is 5.69 Å². The van der Waals surface area contributed by atoms with Gasteiger partial charge in [0.25, 0.3) is 0 Å². The first-order valence-corrected chi connectivity index (χ1v) is 13.4. The third-order valence-electron chi connectivity index (χ3n) is 8.56. The van der Waals surface area contributed by atoms with E-state index in [9.17, 15) is 14.8 Å². The predicted molar refractivity (Wildman–Crippen MR) is 140 cm³/mol. The van der Waals surface area contributed by atoms with Crippen LogP contribution in [-0.2, 0) is 17.8 Å². The zero-order valence-electron chi connectivity index (χ0n) is 20.5. The lowest BCUT2D eigenvalue weighted by Gasteiger charge is -2.43. The van der Waals surface area contributed by atoms with Gasteiger partial charge in [-0.2, -0.15) is 0 Å². The monoisotopic (exact) mass is 475 g/mol. The van der Waals surface area contributed by atoms with E-state index >= 15 is 0 Å². The maximum absolute atomic E-state index is 13.9. The normalized spacial score (nSPS) is 23.5. The minimum atomic E-state index is -1.50. The number of fused-ring (bicyclic) bond motifs is 1. The summed E-state index contributed by atoms with van der Waals surface area (Å²) in [5.41, 5.74) is 10.9. The van der Waals surface area contributed by atoms with Crippen molar-refractivity contribution in [1.29, 1.82) is 0 Å². The lowest BCUT2D eigenvalue weighted by atomic mass is 9.72. The molecule has 0 aromatic heterocycles. The highest BCUT2D eigenvalue weighted by atomic mass is 16.4. The quantitative estimate of drug-likeness (QED) is 0.499. The van der Waals surface area contributed by atoms with Gasteiger partial charge in [0, 0.05) is 31.4 Å². The molecule has 0 bridgehead atoms. The van der Waals surface area contributed by atoms with Crippen LogP contribution in [-0.4, -0.2) is 47.1 Å². The minimum Gasteiger partial charge on any atom is -0.423 e. The number of likely N-dealkylation sites (tertiary alicyclic amines) is 1. The van der Waals surface area contributed by atoms with Crippen LogP contribution in [0.3, 0.4) is 0 Å². The van der Waals surface area contributed by atoms with Gasteiger partial charge in [-0.05, 0) is 72.2 Å². The van der Waals surface area contributed by atoms with Crippen LogP contribution < -0.4 is 16.5 Å².